The lowest BCUT2D eigenvalue weighted by Gasteiger charge is -2.25. The van der Waals surface area contributed by atoms with Gasteiger partial charge in [0.05, 0.1) is 18.3 Å². The number of allylic oxidation sites excluding steroid dienone is 3. The molecule has 3 rings (SSSR count). The Morgan fingerprint density at radius 1 is 1.25 bits per heavy atom. The molecule has 1 N–H and O–H groups in total. The van der Waals surface area contributed by atoms with E-state index in [1.807, 2.05) is 0 Å². The summed E-state index contributed by atoms with van der Waals surface area (Å²) < 4.78 is 66.2. The SMILES string of the molecule is O=[SH+](NC1C=C(F)C=C2C=CC=NC21)c1ccc(C(F)(F)F)nc1. The zero-order valence-corrected chi connectivity index (χ0v) is 12.9. The molecule has 0 saturated carbocycles. The summed E-state index contributed by atoms with van der Waals surface area (Å²) in [7, 11) is -2.26. The van der Waals surface area contributed by atoms with Gasteiger partial charge in [0.1, 0.15) is 11.5 Å². The Balaban J connectivity index is 1.76. The summed E-state index contributed by atoms with van der Waals surface area (Å²) in [4.78, 5) is 7.58. The van der Waals surface area contributed by atoms with Crippen molar-refractivity contribution in [3.63, 3.8) is 0 Å². The van der Waals surface area contributed by atoms with E-state index in [1.165, 1.54) is 12.2 Å². The van der Waals surface area contributed by atoms with E-state index in [9.17, 15) is 21.8 Å². The molecule has 4 nitrogen and oxygen atoms in total. The van der Waals surface area contributed by atoms with Crippen molar-refractivity contribution in [1.82, 2.24) is 9.71 Å². The maximum atomic E-state index is 13.7. The Labute approximate surface area is 137 Å². The molecule has 9 heteroatoms. The first-order valence-electron chi connectivity index (χ1n) is 6.90. The molecule has 0 aromatic carbocycles. The molecule has 0 radical (unpaired) electrons. The largest absolute Gasteiger partial charge is 0.433 e. The Morgan fingerprint density at radius 3 is 2.71 bits per heavy atom. The smallest absolute Gasteiger partial charge is 0.283 e. The normalized spacial score (nSPS) is 24.2. The highest BCUT2D eigenvalue weighted by Crippen LogP contribution is 2.28. The highest BCUT2D eigenvalue weighted by molar-refractivity contribution is 7.83. The number of aliphatic imine (C=N–C) groups is 1. The Bertz CT molecular complexity index is 781. The molecule has 1 aromatic heterocycles. The molecule has 1 aromatic rings. The van der Waals surface area contributed by atoms with Crippen LogP contribution in [0.3, 0.4) is 0 Å². The van der Waals surface area contributed by atoms with Crippen LogP contribution in [0.1, 0.15) is 5.69 Å². The van der Waals surface area contributed by atoms with E-state index in [2.05, 4.69) is 14.7 Å². The first kappa shape index (κ1) is 16.7. The molecular formula is C15H12F4N3OS+. The Kier molecular flexibility index (Phi) is 4.46. The van der Waals surface area contributed by atoms with Gasteiger partial charge in [-0.3, -0.25) is 4.99 Å². The fourth-order valence-electron chi connectivity index (χ4n) is 2.38. The van der Waals surface area contributed by atoms with Gasteiger partial charge in [0.25, 0.3) is 0 Å². The molecule has 3 atom stereocenters. The lowest BCUT2D eigenvalue weighted by Crippen LogP contribution is -2.41. The molecule has 2 heterocycles. The molecule has 0 spiro atoms. The van der Waals surface area contributed by atoms with Gasteiger partial charge in [0, 0.05) is 6.21 Å². The quantitative estimate of drug-likeness (QED) is 0.513. The van der Waals surface area contributed by atoms with E-state index < -0.39 is 40.8 Å². The molecule has 2 aliphatic rings. The topological polar surface area (TPSA) is 54.4 Å². The van der Waals surface area contributed by atoms with Gasteiger partial charge < -0.3 is 0 Å². The summed E-state index contributed by atoms with van der Waals surface area (Å²) in [6.45, 7) is 0. The van der Waals surface area contributed by atoms with E-state index in [-0.39, 0.29) is 4.90 Å². The van der Waals surface area contributed by atoms with E-state index in [0.717, 1.165) is 18.3 Å². The number of nitrogens with zero attached hydrogens (tertiary/aromatic N) is 2. The van der Waals surface area contributed by atoms with Crippen LogP contribution in [0.2, 0.25) is 0 Å². The Morgan fingerprint density at radius 2 is 2.04 bits per heavy atom. The molecule has 126 valence electrons. The summed E-state index contributed by atoms with van der Waals surface area (Å²) in [5, 5.41) is 0. The van der Waals surface area contributed by atoms with Crippen molar-refractivity contribution in [1.29, 1.82) is 0 Å². The van der Waals surface area contributed by atoms with Crippen LogP contribution in [0.15, 0.2) is 63.9 Å². The average Bonchev–Trinajstić information content (AvgIpc) is 2.54. The number of nitrogens with one attached hydrogen (secondary N) is 1. The molecule has 1 aliphatic carbocycles. The number of fused-ring (bicyclic) bond motifs is 1. The number of aromatic nitrogens is 1. The standard InChI is InChI=1S/C15H11F4N3OS/c16-10-6-9-2-1-5-20-14(9)12(7-10)22-24(23)11-3-4-13(21-8-11)15(17,18)19/h1-8,12,14H,(H,22,23)/p+1. The fraction of sp³-hybridized carbons (Fsp3) is 0.200. The fourth-order valence-corrected chi connectivity index (χ4v) is 3.38. The number of halogens is 4. The van der Waals surface area contributed by atoms with Gasteiger partial charge in [0.15, 0.2) is 15.9 Å². The van der Waals surface area contributed by atoms with Crippen LogP contribution < -0.4 is 4.72 Å². The molecule has 24 heavy (non-hydrogen) atoms. The number of dihydropyridines is 1. The van der Waals surface area contributed by atoms with Gasteiger partial charge in [-0.2, -0.15) is 13.2 Å². The first-order valence-corrected chi connectivity index (χ1v) is 8.16. The molecule has 0 amide bonds. The number of thiol groups is 1. The van der Waals surface area contributed by atoms with Crippen LogP contribution in [-0.2, 0) is 21.4 Å². The lowest BCUT2D eigenvalue weighted by atomic mass is 9.93. The van der Waals surface area contributed by atoms with Crippen molar-refractivity contribution in [2.45, 2.75) is 23.2 Å². The summed E-state index contributed by atoms with van der Waals surface area (Å²) in [5.74, 6) is -0.491. The second kappa shape index (κ2) is 6.40. The minimum Gasteiger partial charge on any atom is -0.283 e. The zero-order valence-electron chi connectivity index (χ0n) is 12.0. The van der Waals surface area contributed by atoms with Crippen molar-refractivity contribution < 1.29 is 21.8 Å². The maximum Gasteiger partial charge on any atom is 0.433 e. The number of rotatable bonds is 3. The highest BCUT2D eigenvalue weighted by Gasteiger charge is 2.34. The van der Waals surface area contributed by atoms with E-state index >= 15 is 0 Å². The number of pyridine rings is 1. The lowest BCUT2D eigenvalue weighted by molar-refractivity contribution is -0.141. The van der Waals surface area contributed by atoms with Crippen molar-refractivity contribution in [2.24, 2.45) is 4.99 Å². The van der Waals surface area contributed by atoms with Gasteiger partial charge in [-0.1, -0.05) is 10.3 Å². The highest BCUT2D eigenvalue weighted by atomic mass is 32.2. The minimum absolute atomic E-state index is 0.0956. The van der Waals surface area contributed by atoms with Crippen molar-refractivity contribution in [3.8, 4) is 0 Å². The molecule has 3 unspecified atom stereocenters. The van der Waals surface area contributed by atoms with Gasteiger partial charge in [-0.15, -0.1) is 4.72 Å². The first-order chi connectivity index (χ1) is 11.3. The number of hydrogen-bond donors (Lipinski definition) is 1. The van der Waals surface area contributed by atoms with E-state index in [0.29, 0.717) is 5.57 Å². The molecule has 0 fully saturated rings. The third-order valence-corrected chi connectivity index (χ3v) is 4.75. The van der Waals surface area contributed by atoms with E-state index in [1.54, 1.807) is 18.4 Å². The number of alkyl halides is 3. The monoisotopic (exact) mass is 358 g/mol. The van der Waals surface area contributed by atoms with Crippen LogP contribution in [0, 0.1) is 0 Å². The van der Waals surface area contributed by atoms with Gasteiger partial charge in [0.2, 0.25) is 0 Å². The van der Waals surface area contributed by atoms with Crippen molar-refractivity contribution in [2.75, 3.05) is 0 Å². The van der Waals surface area contributed by atoms with Crippen LogP contribution in [0.25, 0.3) is 0 Å². The van der Waals surface area contributed by atoms with Crippen LogP contribution in [-0.4, -0.2) is 23.3 Å². The summed E-state index contributed by atoms with van der Waals surface area (Å²) in [6.07, 6.45) is 3.84. The van der Waals surface area contributed by atoms with Gasteiger partial charge in [-0.05, 0) is 35.9 Å². The summed E-state index contributed by atoms with van der Waals surface area (Å²) >= 11 is 0. The molecular weight excluding hydrogens is 346 g/mol. The van der Waals surface area contributed by atoms with Crippen LogP contribution in [0.4, 0.5) is 17.6 Å². The number of hydrogen-bond acceptors (Lipinski definition) is 3. The summed E-state index contributed by atoms with van der Waals surface area (Å²) in [5.41, 5.74) is -0.436. The predicted octanol–water partition coefficient (Wildman–Crippen LogP) is 2.83. The third-order valence-electron chi connectivity index (χ3n) is 3.49. The Hall–Kier alpha value is -2.13. The van der Waals surface area contributed by atoms with Crippen LogP contribution in [0.5, 0.6) is 0 Å². The molecule has 1 aliphatic heterocycles. The zero-order chi connectivity index (χ0) is 17.3. The second-order valence-corrected chi connectivity index (χ2v) is 6.51. The minimum atomic E-state index is -4.56. The van der Waals surface area contributed by atoms with Gasteiger partial charge >= 0.3 is 6.18 Å². The second-order valence-electron chi connectivity index (χ2n) is 5.15. The van der Waals surface area contributed by atoms with Crippen LogP contribution >= 0.6 is 0 Å². The van der Waals surface area contributed by atoms with E-state index in [4.69, 9.17) is 0 Å². The average molecular weight is 358 g/mol. The maximum absolute atomic E-state index is 13.7. The molecule has 0 saturated heterocycles. The van der Waals surface area contributed by atoms with Gasteiger partial charge in [-0.25, -0.2) is 9.37 Å². The predicted molar refractivity (Wildman–Crippen MR) is 82.6 cm³/mol. The van der Waals surface area contributed by atoms with Crippen molar-refractivity contribution in [3.05, 3.63) is 59.7 Å². The molecule has 0 bridgehead atoms. The third kappa shape index (κ3) is 3.51. The summed E-state index contributed by atoms with van der Waals surface area (Å²) in [6, 6.07) is 0.743. The van der Waals surface area contributed by atoms with Crippen molar-refractivity contribution >= 4 is 17.2 Å².